The van der Waals surface area contributed by atoms with Crippen molar-refractivity contribution in [3.05, 3.63) is 64.9 Å². The molecule has 1 saturated heterocycles. The van der Waals surface area contributed by atoms with E-state index in [1.807, 2.05) is 5.32 Å². The van der Waals surface area contributed by atoms with E-state index in [0.29, 0.717) is 5.56 Å². The molecule has 1 atom stereocenters. The van der Waals surface area contributed by atoms with E-state index in [1.54, 1.807) is 0 Å². The average Bonchev–Trinajstić information content (AvgIpc) is 2.96. The number of amides is 2. The van der Waals surface area contributed by atoms with Gasteiger partial charge >= 0.3 is 12.1 Å². The first-order valence-corrected chi connectivity index (χ1v) is 8.22. The maximum absolute atomic E-state index is 14.2. The minimum Gasteiger partial charge on any atom is -0.480 e. The van der Waals surface area contributed by atoms with Crippen molar-refractivity contribution in [3.63, 3.8) is 0 Å². The van der Waals surface area contributed by atoms with Crippen molar-refractivity contribution in [3.8, 4) is 11.5 Å². The smallest absolute Gasteiger partial charge is 0.419 e. The summed E-state index contributed by atoms with van der Waals surface area (Å²) in [5, 5.41) is 10.7. The molecule has 0 saturated carbocycles. The molecule has 0 bridgehead atoms. The highest BCUT2D eigenvalue weighted by atomic mass is 19.1. The Hall–Kier alpha value is -3.79. The van der Waals surface area contributed by atoms with Gasteiger partial charge in [0.25, 0.3) is 5.91 Å². The number of rotatable bonds is 6. The van der Waals surface area contributed by atoms with Gasteiger partial charge < -0.3 is 20.3 Å². The van der Waals surface area contributed by atoms with Gasteiger partial charge in [-0.25, -0.2) is 13.6 Å². The van der Waals surface area contributed by atoms with Crippen molar-refractivity contribution in [2.45, 2.75) is 12.5 Å². The van der Waals surface area contributed by atoms with Gasteiger partial charge in [0, 0.05) is 0 Å². The van der Waals surface area contributed by atoms with E-state index in [1.165, 1.54) is 30.3 Å². The molecule has 0 aliphatic carbocycles. The molecule has 1 aliphatic heterocycles. The molecule has 1 fully saturated rings. The van der Waals surface area contributed by atoms with Gasteiger partial charge in [-0.05, 0) is 47.9 Å². The van der Waals surface area contributed by atoms with E-state index in [9.17, 15) is 23.2 Å². The molecule has 0 radical (unpaired) electrons. The summed E-state index contributed by atoms with van der Waals surface area (Å²) in [4.78, 5) is 33.2. The van der Waals surface area contributed by atoms with Crippen LogP contribution >= 0.6 is 0 Å². The lowest BCUT2D eigenvalue weighted by Crippen LogP contribution is -2.32. The number of carbonyl (C=O) groups excluding carboxylic acids is 2. The maximum atomic E-state index is 14.2. The highest BCUT2D eigenvalue weighted by Gasteiger charge is 2.26. The summed E-state index contributed by atoms with van der Waals surface area (Å²) < 4.78 is 38.3. The highest BCUT2D eigenvalue weighted by molar-refractivity contribution is 6.09. The average molecular weight is 404 g/mol. The Balaban J connectivity index is 1.75. The van der Waals surface area contributed by atoms with E-state index in [0.717, 1.165) is 12.1 Å². The van der Waals surface area contributed by atoms with Gasteiger partial charge in [0.2, 0.25) is 0 Å². The molecule has 10 heteroatoms. The number of nitrogens with two attached hydrogens (primary N) is 1. The van der Waals surface area contributed by atoms with Crippen LogP contribution in [0.1, 0.15) is 11.1 Å². The van der Waals surface area contributed by atoms with E-state index < -0.39 is 41.4 Å². The Kier molecular flexibility index (Phi) is 5.55. The third-order valence-corrected chi connectivity index (χ3v) is 3.87. The lowest BCUT2D eigenvalue weighted by atomic mass is 10.1. The number of carboxylic acids is 1. The molecule has 29 heavy (non-hydrogen) atoms. The zero-order chi connectivity index (χ0) is 21.1. The molecule has 2 aromatic carbocycles. The number of aliphatic carboxylic acids is 1. The quantitative estimate of drug-likeness (QED) is 0.631. The molecule has 1 heterocycles. The van der Waals surface area contributed by atoms with Gasteiger partial charge in [0.15, 0.2) is 23.1 Å². The minimum atomic E-state index is -1.29. The summed E-state index contributed by atoms with van der Waals surface area (Å²) in [6.45, 7) is 0. The molecular formula is C19H14F2N2O6. The fourth-order valence-electron chi connectivity index (χ4n) is 2.49. The van der Waals surface area contributed by atoms with Crippen molar-refractivity contribution in [1.82, 2.24) is 5.32 Å². The second kappa shape index (κ2) is 8.07. The van der Waals surface area contributed by atoms with Crippen LogP contribution in [0, 0.1) is 11.6 Å². The van der Waals surface area contributed by atoms with Crippen LogP contribution in [0.25, 0.3) is 6.08 Å². The molecule has 1 aliphatic rings. The Morgan fingerprint density at radius 2 is 1.83 bits per heavy atom. The Bertz CT molecular complexity index is 997. The predicted octanol–water partition coefficient (Wildman–Crippen LogP) is 2.32. The molecular weight excluding hydrogens is 390 g/mol. The first-order valence-electron chi connectivity index (χ1n) is 8.22. The third kappa shape index (κ3) is 4.74. The van der Waals surface area contributed by atoms with Crippen LogP contribution in [0.5, 0.6) is 11.5 Å². The second-order valence-corrected chi connectivity index (χ2v) is 6.06. The first kappa shape index (κ1) is 20.0. The van der Waals surface area contributed by atoms with Crippen LogP contribution in [-0.4, -0.2) is 29.1 Å². The molecule has 1 unspecified atom stereocenters. The van der Waals surface area contributed by atoms with E-state index in [4.69, 9.17) is 15.6 Å². The SMILES string of the molecule is NC(Cc1cc(F)c(Oc2ccc(/C=C3/OC(=O)NC3=O)cc2)c(F)c1)C(=O)O. The predicted molar refractivity (Wildman–Crippen MR) is 94.8 cm³/mol. The Morgan fingerprint density at radius 1 is 1.21 bits per heavy atom. The number of imide groups is 1. The van der Waals surface area contributed by atoms with Gasteiger partial charge in [0.1, 0.15) is 11.8 Å². The third-order valence-electron chi connectivity index (χ3n) is 3.87. The maximum Gasteiger partial charge on any atom is 0.419 e. The van der Waals surface area contributed by atoms with Crippen LogP contribution in [0.4, 0.5) is 13.6 Å². The Morgan fingerprint density at radius 3 is 2.34 bits per heavy atom. The van der Waals surface area contributed by atoms with Crippen molar-refractivity contribution in [1.29, 1.82) is 0 Å². The fourth-order valence-corrected chi connectivity index (χ4v) is 2.49. The Labute approximate surface area is 162 Å². The normalized spacial score (nSPS) is 15.8. The zero-order valence-corrected chi connectivity index (χ0v) is 14.6. The molecule has 3 rings (SSSR count). The number of nitrogens with one attached hydrogen (secondary N) is 1. The van der Waals surface area contributed by atoms with Gasteiger partial charge in [-0.2, -0.15) is 0 Å². The van der Waals surface area contributed by atoms with Crippen molar-refractivity contribution in [2.24, 2.45) is 5.73 Å². The number of carboxylic acid groups (broad SMARTS) is 1. The van der Waals surface area contributed by atoms with Crippen LogP contribution in [-0.2, 0) is 20.7 Å². The molecule has 0 aromatic heterocycles. The molecule has 2 aromatic rings. The minimum absolute atomic E-state index is 0.0774. The molecule has 4 N–H and O–H groups in total. The van der Waals surface area contributed by atoms with Crippen molar-refractivity contribution >= 4 is 24.0 Å². The first-order chi connectivity index (χ1) is 13.7. The van der Waals surface area contributed by atoms with Gasteiger partial charge in [-0.3, -0.25) is 14.9 Å². The van der Waals surface area contributed by atoms with Gasteiger partial charge in [0.05, 0.1) is 0 Å². The summed E-state index contributed by atoms with van der Waals surface area (Å²) in [5.74, 6) is -4.73. The van der Waals surface area contributed by atoms with E-state index in [-0.39, 0.29) is 23.5 Å². The number of halogens is 2. The number of hydrogen-bond acceptors (Lipinski definition) is 6. The molecule has 0 spiro atoms. The number of hydrogen-bond donors (Lipinski definition) is 3. The van der Waals surface area contributed by atoms with Crippen LogP contribution in [0.15, 0.2) is 42.2 Å². The lowest BCUT2D eigenvalue weighted by Gasteiger charge is -2.11. The van der Waals surface area contributed by atoms with Crippen LogP contribution < -0.4 is 15.8 Å². The summed E-state index contributed by atoms with van der Waals surface area (Å²) in [7, 11) is 0. The lowest BCUT2D eigenvalue weighted by molar-refractivity contribution is -0.138. The van der Waals surface area contributed by atoms with Crippen LogP contribution in [0.3, 0.4) is 0 Å². The fraction of sp³-hybridized carbons (Fsp3) is 0.105. The summed E-state index contributed by atoms with van der Waals surface area (Å²) >= 11 is 0. The van der Waals surface area contributed by atoms with E-state index >= 15 is 0 Å². The number of carbonyl (C=O) groups is 3. The number of ether oxygens (including phenoxy) is 2. The van der Waals surface area contributed by atoms with Crippen molar-refractivity contribution < 1.29 is 37.7 Å². The largest absolute Gasteiger partial charge is 0.480 e. The summed E-state index contributed by atoms with van der Waals surface area (Å²) in [5.41, 5.74) is 5.93. The second-order valence-electron chi connectivity index (χ2n) is 6.06. The van der Waals surface area contributed by atoms with E-state index in [2.05, 4.69) is 4.74 Å². The van der Waals surface area contributed by atoms with Gasteiger partial charge in [-0.15, -0.1) is 0 Å². The number of cyclic esters (lactones) is 1. The summed E-state index contributed by atoms with van der Waals surface area (Å²) in [6, 6.07) is 6.38. The number of alkyl carbamates (subject to hydrolysis) is 1. The molecule has 8 nitrogen and oxygen atoms in total. The number of benzene rings is 2. The highest BCUT2D eigenvalue weighted by Crippen LogP contribution is 2.29. The van der Waals surface area contributed by atoms with Crippen LogP contribution in [0.2, 0.25) is 0 Å². The monoisotopic (exact) mass is 404 g/mol. The zero-order valence-electron chi connectivity index (χ0n) is 14.6. The topological polar surface area (TPSA) is 128 Å². The van der Waals surface area contributed by atoms with Gasteiger partial charge in [-0.1, -0.05) is 12.1 Å². The molecule has 150 valence electrons. The standard InChI is InChI=1S/C19H14F2N2O6/c20-12-5-10(7-14(22)18(25)26)6-13(21)16(12)28-11-3-1-9(2-4-11)8-15-17(24)23-19(27)29-15/h1-6,8,14H,7,22H2,(H,25,26)(H,23,24,27)/b15-8+. The molecule has 2 amide bonds. The summed E-state index contributed by atoms with van der Waals surface area (Å²) in [6.07, 6.45) is 0.191. The van der Waals surface area contributed by atoms with Crippen molar-refractivity contribution in [2.75, 3.05) is 0 Å².